The number of hydrogen-bond donors (Lipinski definition) is 0. The van der Waals surface area contributed by atoms with Crippen molar-refractivity contribution in [3.05, 3.63) is 0 Å². The van der Waals surface area contributed by atoms with E-state index in [1.54, 1.807) is 9.80 Å². The van der Waals surface area contributed by atoms with Crippen molar-refractivity contribution < 1.29 is 18.0 Å². The average Bonchev–Trinajstić information content (AvgIpc) is 2.68. The molecule has 0 spiro atoms. The Labute approximate surface area is 132 Å². The van der Waals surface area contributed by atoms with Crippen molar-refractivity contribution in [3.63, 3.8) is 0 Å². The van der Waals surface area contributed by atoms with Crippen LogP contribution in [-0.4, -0.2) is 67.2 Å². The Kier molecular flexibility index (Phi) is 5.83. The van der Waals surface area contributed by atoms with Gasteiger partial charge in [-0.25, -0.2) is 8.42 Å². The van der Waals surface area contributed by atoms with Crippen LogP contribution in [0.2, 0.25) is 0 Å². The average molecular weight is 330 g/mol. The molecule has 1 atom stereocenters. The van der Waals surface area contributed by atoms with Crippen molar-refractivity contribution in [2.45, 2.75) is 51.5 Å². The van der Waals surface area contributed by atoms with Gasteiger partial charge in [-0.1, -0.05) is 6.42 Å². The van der Waals surface area contributed by atoms with Crippen molar-refractivity contribution in [2.75, 3.05) is 31.1 Å². The van der Waals surface area contributed by atoms with Gasteiger partial charge in [0.15, 0.2) is 9.84 Å². The van der Waals surface area contributed by atoms with Gasteiger partial charge in [-0.3, -0.25) is 9.59 Å². The maximum atomic E-state index is 12.4. The number of carbonyl (C=O) groups is 2. The molecule has 22 heavy (non-hydrogen) atoms. The summed E-state index contributed by atoms with van der Waals surface area (Å²) in [4.78, 5) is 27.8. The van der Waals surface area contributed by atoms with E-state index in [0.29, 0.717) is 25.9 Å². The van der Waals surface area contributed by atoms with Crippen LogP contribution in [0.1, 0.15) is 45.4 Å². The minimum absolute atomic E-state index is 0.0401. The molecule has 2 fully saturated rings. The third-order valence-corrected chi connectivity index (χ3v) is 6.33. The number of carbonyl (C=O) groups excluding carboxylic acids is 2. The molecular weight excluding hydrogens is 304 g/mol. The molecule has 6 nitrogen and oxygen atoms in total. The largest absolute Gasteiger partial charge is 0.342 e. The van der Waals surface area contributed by atoms with Gasteiger partial charge in [0.25, 0.3) is 0 Å². The van der Waals surface area contributed by atoms with E-state index in [0.717, 1.165) is 25.8 Å². The van der Waals surface area contributed by atoms with Crippen LogP contribution in [-0.2, 0) is 19.4 Å². The quantitative estimate of drug-likeness (QED) is 0.748. The van der Waals surface area contributed by atoms with E-state index < -0.39 is 9.84 Å². The molecule has 0 N–H and O–H groups in total. The van der Waals surface area contributed by atoms with Crippen molar-refractivity contribution in [1.29, 1.82) is 0 Å². The van der Waals surface area contributed by atoms with Gasteiger partial charge in [-0.2, -0.15) is 0 Å². The smallest absolute Gasteiger partial charge is 0.224 e. The molecule has 0 saturated carbocycles. The van der Waals surface area contributed by atoms with Gasteiger partial charge in [-0.15, -0.1) is 0 Å². The number of likely N-dealkylation sites (tertiary alicyclic amines) is 1. The monoisotopic (exact) mass is 330 g/mol. The second-order valence-electron chi connectivity index (χ2n) is 6.18. The first-order chi connectivity index (χ1) is 10.4. The first-order valence-electron chi connectivity index (χ1n) is 8.20. The van der Waals surface area contributed by atoms with Gasteiger partial charge in [0.1, 0.15) is 0 Å². The summed E-state index contributed by atoms with van der Waals surface area (Å²) in [6.45, 7) is 3.58. The highest BCUT2D eigenvalue weighted by molar-refractivity contribution is 7.91. The molecule has 2 rings (SSSR count). The second-order valence-corrected chi connectivity index (χ2v) is 8.41. The van der Waals surface area contributed by atoms with Crippen molar-refractivity contribution in [1.82, 2.24) is 9.80 Å². The Morgan fingerprint density at radius 2 is 2.09 bits per heavy atom. The van der Waals surface area contributed by atoms with Crippen LogP contribution in [0.3, 0.4) is 0 Å². The molecule has 2 amide bonds. The van der Waals surface area contributed by atoms with Crippen LogP contribution in [0.25, 0.3) is 0 Å². The van der Waals surface area contributed by atoms with Crippen LogP contribution >= 0.6 is 0 Å². The predicted octanol–water partition coefficient (Wildman–Crippen LogP) is 0.815. The lowest BCUT2D eigenvalue weighted by Gasteiger charge is -2.28. The molecule has 1 unspecified atom stereocenters. The zero-order valence-electron chi connectivity index (χ0n) is 13.3. The van der Waals surface area contributed by atoms with E-state index in [1.807, 2.05) is 6.92 Å². The molecule has 2 aliphatic heterocycles. The van der Waals surface area contributed by atoms with E-state index >= 15 is 0 Å². The highest BCUT2D eigenvalue weighted by Gasteiger charge is 2.33. The van der Waals surface area contributed by atoms with Gasteiger partial charge in [-0.05, 0) is 26.2 Å². The lowest BCUT2D eigenvalue weighted by Crippen LogP contribution is -2.43. The summed E-state index contributed by atoms with van der Waals surface area (Å²) in [5.74, 6) is 0.347. The lowest BCUT2D eigenvalue weighted by atomic mass is 10.2. The molecule has 2 aliphatic rings. The summed E-state index contributed by atoms with van der Waals surface area (Å²) in [6.07, 6.45) is 4.40. The molecule has 2 heterocycles. The molecule has 0 aliphatic carbocycles. The molecule has 2 saturated heterocycles. The Morgan fingerprint density at radius 3 is 2.73 bits per heavy atom. The van der Waals surface area contributed by atoms with E-state index in [4.69, 9.17) is 0 Å². The third-order valence-electron chi connectivity index (χ3n) is 4.58. The summed E-state index contributed by atoms with van der Waals surface area (Å²) in [5, 5.41) is 0. The molecule has 0 aromatic rings. The molecule has 126 valence electrons. The maximum Gasteiger partial charge on any atom is 0.224 e. The zero-order chi connectivity index (χ0) is 16.2. The SMILES string of the molecule is CCN(C(=O)CCN1CCCCCC1=O)C1CCS(=O)(=O)C1. The molecule has 7 heteroatoms. The zero-order valence-corrected chi connectivity index (χ0v) is 14.1. The lowest BCUT2D eigenvalue weighted by molar-refractivity contribution is -0.135. The molecular formula is C15H26N2O4S. The summed E-state index contributed by atoms with van der Waals surface area (Å²) < 4.78 is 23.2. The highest BCUT2D eigenvalue weighted by atomic mass is 32.2. The fourth-order valence-electron chi connectivity index (χ4n) is 3.31. The Morgan fingerprint density at radius 1 is 1.32 bits per heavy atom. The predicted molar refractivity (Wildman–Crippen MR) is 84.1 cm³/mol. The number of sulfone groups is 1. The van der Waals surface area contributed by atoms with Crippen LogP contribution in [0.15, 0.2) is 0 Å². The minimum atomic E-state index is -2.99. The van der Waals surface area contributed by atoms with Crippen LogP contribution in [0, 0.1) is 0 Å². The van der Waals surface area contributed by atoms with Crippen molar-refractivity contribution in [3.8, 4) is 0 Å². The van der Waals surface area contributed by atoms with Gasteiger partial charge in [0, 0.05) is 38.5 Å². The van der Waals surface area contributed by atoms with Gasteiger partial charge in [0.2, 0.25) is 11.8 Å². The van der Waals surface area contributed by atoms with Crippen LogP contribution in [0.4, 0.5) is 0 Å². The van der Waals surface area contributed by atoms with Gasteiger partial charge >= 0.3 is 0 Å². The fourth-order valence-corrected chi connectivity index (χ4v) is 5.04. The second kappa shape index (κ2) is 7.44. The van der Waals surface area contributed by atoms with Gasteiger partial charge < -0.3 is 9.80 Å². The van der Waals surface area contributed by atoms with E-state index in [2.05, 4.69) is 0 Å². The van der Waals surface area contributed by atoms with E-state index in [1.165, 1.54) is 0 Å². The standard InChI is InChI=1S/C15H26N2O4S/c1-2-17(13-8-11-22(20,21)12-13)15(19)7-10-16-9-5-3-4-6-14(16)18/h13H,2-12H2,1H3. The number of rotatable bonds is 5. The summed E-state index contributed by atoms with van der Waals surface area (Å²) in [5.41, 5.74) is 0. The summed E-state index contributed by atoms with van der Waals surface area (Å²) in [6, 6.07) is -0.192. The topological polar surface area (TPSA) is 74.8 Å². The summed E-state index contributed by atoms with van der Waals surface area (Å²) in [7, 11) is -2.99. The van der Waals surface area contributed by atoms with Crippen LogP contribution < -0.4 is 0 Å². The molecule has 0 bridgehead atoms. The number of hydrogen-bond acceptors (Lipinski definition) is 4. The third kappa shape index (κ3) is 4.44. The normalized spacial score (nSPS) is 25.0. The van der Waals surface area contributed by atoms with Gasteiger partial charge in [0.05, 0.1) is 11.5 Å². The maximum absolute atomic E-state index is 12.4. The molecule has 0 radical (unpaired) electrons. The number of amides is 2. The summed E-state index contributed by atoms with van der Waals surface area (Å²) >= 11 is 0. The molecule has 0 aromatic heterocycles. The van der Waals surface area contributed by atoms with Crippen molar-refractivity contribution >= 4 is 21.7 Å². The minimum Gasteiger partial charge on any atom is -0.342 e. The van der Waals surface area contributed by atoms with Crippen LogP contribution in [0.5, 0.6) is 0 Å². The van der Waals surface area contributed by atoms with E-state index in [9.17, 15) is 18.0 Å². The van der Waals surface area contributed by atoms with Crippen molar-refractivity contribution in [2.24, 2.45) is 0 Å². The first-order valence-corrected chi connectivity index (χ1v) is 10.0. The Balaban J connectivity index is 1.88. The first kappa shape index (κ1) is 17.2. The highest BCUT2D eigenvalue weighted by Crippen LogP contribution is 2.19. The number of nitrogens with zero attached hydrogens (tertiary/aromatic N) is 2. The van der Waals surface area contributed by atoms with E-state index in [-0.39, 0.29) is 35.8 Å². The Hall–Kier alpha value is -1.11. The Bertz CT molecular complexity index is 518. The fraction of sp³-hybridized carbons (Fsp3) is 0.867. The molecule has 0 aromatic carbocycles.